The molecule has 0 saturated carbocycles. The van der Waals surface area contributed by atoms with Gasteiger partial charge in [0.05, 0.1) is 0 Å². The Bertz CT molecular complexity index is 1750. The molecule has 1 nitrogen and oxygen atoms in total. The summed E-state index contributed by atoms with van der Waals surface area (Å²) < 4.78 is 0. The molecule has 0 unspecified atom stereocenters. The van der Waals surface area contributed by atoms with Gasteiger partial charge in [-0.1, -0.05) is 105 Å². The lowest BCUT2D eigenvalue weighted by atomic mass is 9.77. The highest BCUT2D eigenvalue weighted by Crippen LogP contribution is 2.52. The lowest BCUT2D eigenvalue weighted by molar-refractivity contribution is 0.101. The van der Waals surface area contributed by atoms with E-state index >= 15 is 0 Å². The summed E-state index contributed by atoms with van der Waals surface area (Å²) in [5.74, 6) is 0.102. The molecule has 5 aromatic rings. The molecular weight excluding hydrogens is 460 g/mol. The number of aryl methyl sites for hydroxylation is 1. The molecule has 0 heterocycles. The SMILES string of the molecule is CC(=O)c1ccc(-c2ccccc2)cc1-c1cccc2c1CCc1cc3c(cc1-2)-c1ccccc1C3(C)C. The predicted octanol–water partition coefficient (Wildman–Crippen LogP) is 9.30. The first-order valence-electron chi connectivity index (χ1n) is 13.5. The summed E-state index contributed by atoms with van der Waals surface area (Å²) in [5, 5.41) is 0. The Hall–Kier alpha value is -4.23. The highest BCUT2D eigenvalue weighted by atomic mass is 16.1. The van der Waals surface area contributed by atoms with E-state index in [0.717, 1.165) is 35.1 Å². The maximum atomic E-state index is 12.8. The molecule has 184 valence electrons. The summed E-state index contributed by atoms with van der Waals surface area (Å²) >= 11 is 0. The Morgan fingerprint density at radius 3 is 2.08 bits per heavy atom. The van der Waals surface area contributed by atoms with E-state index in [1.165, 1.54) is 50.1 Å². The molecule has 0 aliphatic heterocycles. The number of hydrogen-bond donors (Lipinski definition) is 0. The molecule has 0 fully saturated rings. The van der Waals surface area contributed by atoms with E-state index < -0.39 is 0 Å². The second-order valence-corrected chi connectivity index (χ2v) is 11.2. The Labute approximate surface area is 224 Å². The van der Waals surface area contributed by atoms with Crippen molar-refractivity contribution in [2.75, 3.05) is 0 Å². The normalized spacial score (nSPS) is 14.3. The van der Waals surface area contributed by atoms with Crippen LogP contribution in [-0.2, 0) is 18.3 Å². The Morgan fingerprint density at radius 1 is 0.579 bits per heavy atom. The van der Waals surface area contributed by atoms with Crippen LogP contribution in [0.3, 0.4) is 0 Å². The van der Waals surface area contributed by atoms with Gasteiger partial charge in [0, 0.05) is 11.0 Å². The number of carbonyl (C=O) groups excluding carboxylic acids is 1. The molecule has 38 heavy (non-hydrogen) atoms. The number of ketones is 1. The van der Waals surface area contributed by atoms with Gasteiger partial charge in [0.1, 0.15) is 0 Å². The number of hydrogen-bond acceptors (Lipinski definition) is 1. The third-order valence-electron chi connectivity index (χ3n) is 8.71. The molecule has 2 aliphatic carbocycles. The summed E-state index contributed by atoms with van der Waals surface area (Å²) in [6, 6.07) is 37.1. The number of fused-ring (bicyclic) bond motifs is 6. The minimum absolute atomic E-state index is 0.0113. The van der Waals surface area contributed by atoms with Gasteiger partial charge < -0.3 is 0 Å². The van der Waals surface area contributed by atoms with Crippen LogP contribution in [0, 0.1) is 0 Å². The number of benzene rings is 5. The highest BCUT2D eigenvalue weighted by molar-refractivity contribution is 6.03. The molecule has 0 atom stereocenters. The van der Waals surface area contributed by atoms with Gasteiger partial charge in [-0.2, -0.15) is 0 Å². The zero-order valence-electron chi connectivity index (χ0n) is 22.1. The smallest absolute Gasteiger partial charge is 0.160 e. The average molecular weight is 491 g/mol. The van der Waals surface area contributed by atoms with Crippen molar-refractivity contribution in [1.29, 1.82) is 0 Å². The first-order chi connectivity index (χ1) is 18.4. The van der Waals surface area contributed by atoms with Crippen molar-refractivity contribution in [3.63, 3.8) is 0 Å². The summed E-state index contributed by atoms with van der Waals surface area (Å²) in [4.78, 5) is 12.8. The Morgan fingerprint density at radius 2 is 1.29 bits per heavy atom. The molecule has 0 N–H and O–H groups in total. The van der Waals surface area contributed by atoms with Crippen LogP contribution in [0.5, 0.6) is 0 Å². The van der Waals surface area contributed by atoms with Crippen LogP contribution in [0.2, 0.25) is 0 Å². The van der Waals surface area contributed by atoms with Crippen LogP contribution < -0.4 is 0 Å². The van der Waals surface area contributed by atoms with Crippen LogP contribution in [0.15, 0.2) is 103 Å². The van der Waals surface area contributed by atoms with Crippen molar-refractivity contribution in [3.8, 4) is 44.5 Å². The highest BCUT2D eigenvalue weighted by Gasteiger charge is 2.36. The Kier molecular flexibility index (Phi) is 5.07. The zero-order valence-corrected chi connectivity index (χ0v) is 22.1. The summed E-state index contributed by atoms with van der Waals surface area (Å²) in [6.07, 6.45) is 1.98. The fourth-order valence-corrected chi connectivity index (χ4v) is 6.75. The van der Waals surface area contributed by atoms with Crippen molar-refractivity contribution in [3.05, 3.63) is 131 Å². The fourth-order valence-electron chi connectivity index (χ4n) is 6.75. The van der Waals surface area contributed by atoms with Gasteiger partial charge in [0.15, 0.2) is 5.78 Å². The van der Waals surface area contributed by atoms with Crippen LogP contribution >= 0.6 is 0 Å². The first kappa shape index (κ1) is 22.9. The summed E-state index contributed by atoms with van der Waals surface area (Å²) in [7, 11) is 0. The maximum absolute atomic E-state index is 12.8. The van der Waals surface area contributed by atoms with Gasteiger partial charge in [-0.3, -0.25) is 4.79 Å². The molecule has 5 aromatic carbocycles. The minimum Gasteiger partial charge on any atom is -0.294 e. The van der Waals surface area contributed by atoms with Gasteiger partial charge >= 0.3 is 0 Å². The quantitative estimate of drug-likeness (QED) is 0.230. The van der Waals surface area contributed by atoms with Crippen molar-refractivity contribution in [2.45, 2.75) is 39.0 Å². The van der Waals surface area contributed by atoms with Crippen LogP contribution in [0.4, 0.5) is 0 Å². The Balaban J connectivity index is 1.43. The average Bonchev–Trinajstić information content (AvgIpc) is 3.17. The largest absolute Gasteiger partial charge is 0.294 e. The number of rotatable bonds is 3. The van der Waals surface area contributed by atoms with Crippen LogP contribution in [0.25, 0.3) is 44.5 Å². The van der Waals surface area contributed by atoms with Crippen molar-refractivity contribution in [2.24, 2.45) is 0 Å². The van der Waals surface area contributed by atoms with Gasteiger partial charge in [0.25, 0.3) is 0 Å². The summed E-state index contributed by atoms with van der Waals surface area (Å²) in [6.45, 7) is 6.37. The van der Waals surface area contributed by atoms with E-state index in [2.05, 4.69) is 105 Å². The number of carbonyl (C=O) groups is 1. The lowest BCUT2D eigenvalue weighted by Gasteiger charge is -2.27. The zero-order chi connectivity index (χ0) is 26.0. The van der Waals surface area contributed by atoms with Gasteiger partial charge in [-0.25, -0.2) is 0 Å². The van der Waals surface area contributed by atoms with E-state index in [-0.39, 0.29) is 11.2 Å². The molecule has 0 amide bonds. The third kappa shape index (κ3) is 3.35. The third-order valence-corrected chi connectivity index (χ3v) is 8.71. The van der Waals surface area contributed by atoms with Crippen molar-refractivity contribution >= 4 is 5.78 Å². The molecule has 0 spiro atoms. The molecule has 0 saturated heterocycles. The van der Waals surface area contributed by atoms with Crippen LogP contribution in [-0.4, -0.2) is 5.78 Å². The molecule has 0 aromatic heterocycles. The first-order valence-corrected chi connectivity index (χ1v) is 13.5. The standard InChI is InChI=1S/C37H30O/c1-23(38)27-18-16-25(24-10-5-4-6-11-24)20-33(27)29-14-9-13-28-30(29)19-17-26-21-36-34(22-32(26)28)31-12-7-8-15-35(31)37(36,2)3/h4-16,18,20-22H,17,19H2,1-3H3. The summed E-state index contributed by atoms with van der Waals surface area (Å²) in [5.41, 5.74) is 16.3. The molecule has 7 rings (SSSR count). The van der Waals surface area contributed by atoms with E-state index in [9.17, 15) is 4.79 Å². The van der Waals surface area contributed by atoms with Crippen molar-refractivity contribution < 1.29 is 4.79 Å². The molecular formula is C37H30O. The van der Waals surface area contributed by atoms with E-state index in [4.69, 9.17) is 0 Å². The van der Waals surface area contributed by atoms with Gasteiger partial charge in [0.2, 0.25) is 0 Å². The van der Waals surface area contributed by atoms with Crippen molar-refractivity contribution in [1.82, 2.24) is 0 Å². The van der Waals surface area contributed by atoms with E-state index in [1.54, 1.807) is 6.92 Å². The van der Waals surface area contributed by atoms with Crippen LogP contribution in [0.1, 0.15) is 53.4 Å². The maximum Gasteiger partial charge on any atom is 0.160 e. The van der Waals surface area contributed by atoms with E-state index in [0.29, 0.717) is 0 Å². The molecule has 1 heteroatoms. The lowest BCUT2D eigenvalue weighted by Crippen LogP contribution is -2.16. The molecule has 0 bridgehead atoms. The topological polar surface area (TPSA) is 17.1 Å². The number of Topliss-reactive ketones (excluding diaryl/α,β-unsaturated/α-hetero) is 1. The minimum atomic E-state index is 0.0113. The second-order valence-electron chi connectivity index (χ2n) is 11.2. The van der Waals surface area contributed by atoms with E-state index in [1.807, 2.05) is 12.1 Å². The fraction of sp³-hybridized carbons (Fsp3) is 0.162. The monoisotopic (exact) mass is 490 g/mol. The van der Waals surface area contributed by atoms with Gasteiger partial charge in [-0.15, -0.1) is 0 Å². The molecule has 0 radical (unpaired) electrons. The van der Waals surface area contributed by atoms with Gasteiger partial charge in [-0.05, 0) is 98.7 Å². The second kappa shape index (κ2) is 8.39. The molecule has 2 aliphatic rings. The predicted molar refractivity (Wildman–Crippen MR) is 158 cm³/mol.